The molecule has 0 aliphatic heterocycles. The number of aromatic amines is 1. The van der Waals surface area contributed by atoms with E-state index in [2.05, 4.69) is 20.5 Å². The second kappa shape index (κ2) is 6.04. The van der Waals surface area contributed by atoms with Crippen molar-refractivity contribution in [3.8, 4) is 11.4 Å². The number of carbonyl (C=O) groups excluding carboxylic acids is 1. The van der Waals surface area contributed by atoms with Crippen molar-refractivity contribution >= 4 is 5.91 Å². The van der Waals surface area contributed by atoms with Gasteiger partial charge >= 0.3 is 0 Å². The van der Waals surface area contributed by atoms with Gasteiger partial charge in [0.1, 0.15) is 5.82 Å². The maximum atomic E-state index is 11.7. The summed E-state index contributed by atoms with van der Waals surface area (Å²) < 4.78 is 5.01. The largest absolute Gasteiger partial charge is 0.459 e. The topological polar surface area (TPSA) is 83.8 Å². The number of carbonyl (C=O) groups is 1. The van der Waals surface area contributed by atoms with Crippen molar-refractivity contribution in [1.29, 1.82) is 0 Å². The van der Waals surface area contributed by atoms with Crippen LogP contribution in [0.25, 0.3) is 11.4 Å². The minimum atomic E-state index is -0.234. The molecule has 0 saturated carbocycles. The summed E-state index contributed by atoms with van der Waals surface area (Å²) in [6.07, 6.45) is 2.05. The van der Waals surface area contributed by atoms with Crippen molar-refractivity contribution < 1.29 is 9.21 Å². The highest BCUT2D eigenvalue weighted by molar-refractivity contribution is 5.91. The van der Waals surface area contributed by atoms with Gasteiger partial charge in [0.2, 0.25) is 0 Å². The minimum Gasteiger partial charge on any atom is -0.459 e. The van der Waals surface area contributed by atoms with Crippen LogP contribution >= 0.6 is 0 Å². The lowest BCUT2D eigenvalue weighted by atomic mass is 10.2. The Hall–Kier alpha value is -2.89. The predicted octanol–water partition coefficient (Wildman–Crippen LogP) is 2.04. The van der Waals surface area contributed by atoms with Gasteiger partial charge in [-0.25, -0.2) is 4.98 Å². The molecular weight excluding hydrogens is 268 g/mol. The average Bonchev–Trinajstić information content (AvgIpc) is 3.20. The molecule has 0 bridgehead atoms. The number of furan rings is 1. The van der Waals surface area contributed by atoms with Gasteiger partial charge in [0.15, 0.2) is 11.6 Å². The number of amides is 1. The van der Waals surface area contributed by atoms with Crippen LogP contribution in [-0.4, -0.2) is 27.6 Å². The summed E-state index contributed by atoms with van der Waals surface area (Å²) in [6, 6.07) is 13.0. The van der Waals surface area contributed by atoms with Crippen molar-refractivity contribution in [1.82, 2.24) is 20.5 Å². The molecule has 0 atom stereocenters. The van der Waals surface area contributed by atoms with E-state index >= 15 is 0 Å². The number of hydrogen-bond donors (Lipinski definition) is 2. The lowest BCUT2D eigenvalue weighted by Gasteiger charge is -2.00. The van der Waals surface area contributed by atoms with E-state index in [0.717, 1.165) is 11.4 Å². The van der Waals surface area contributed by atoms with Gasteiger partial charge in [0.25, 0.3) is 5.91 Å². The van der Waals surface area contributed by atoms with Crippen LogP contribution in [0.15, 0.2) is 53.1 Å². The number of rotatable bonds is 5. The SMILES string of the molecule is O=C(NCCc1nc(-c2ccccc2)n[nH]1)c1ccco1. The minimum absolute atomic E-state index is 0.234. The van der Waals surface area contributed by atoms with Gasteiger partial charge in [0, 0.05) is 18.5 Å². The van der Waals surface area contributed by atoms with E-state index in [-0.39, 0.29) is 5.91 Å². The van der Waals surface area contributed by atoms with E-state index < -0.39 is 0 Å². The molecule has 6 heteroatoms. The van der Waals surface area contributed by atoms with Gasteiger partial charge in [-0.1, -0.05) is 30.3 Å². The number of aromatic nitrogens is 3. The van der Waals surface area contributed by atoms with Crippen LogP contribution in [0.3, 0.4) is 0 Å². The molecule has 1 aromatic carbocycles. The molecule has 2 N–H and O–H groups in total. The van der Waals surface area contributed by atoms with Gasteiger partial charge in [-0.15, -0.1) is 0 Å². The number of benzene rings is 1. The van der Waals surface area contributed by atoms with Gasteiger partial charge in [-0.05, 0) is 12.1 Å². The summed E-state index contributed by atoms with van der Waals surface area (Å²) in [6.45, 7) is 0.461. The zero-order valence-electron chi connectivity index (χ0n) is 11.2. The predicted molar refractivity (Wildman–Crippen MR) is 76.6 cm³/mol. The fourth-order valence-corrected chi connectivity index (χ4v) is 1.91. The van der Waals surface area contributed by atoms with Crippen LogP contribution < -0.4 is 5.32 Å². The smallest absolute Gasteiger partial charge is 0.286 e. The molecule has 0 fully saturated rings. The third kappa shape index (κ3) is 3.17. The third-order valence-electron chi connectivity index (χ3n) is 2.96. The lowest BCUT2D eigenvalue weighted by molar-refractivity contribution is 0.0926. The molecule has 3 aromatic rings. The highest BCUT2D eigenvalue weighted by Gasteiger charge is 2.09. The Morgan fingerprint density at radius 3 is 2.81 bits per heavy atom. The first-order valence-electron chi connectivity index (χ1n) is 6.61. The monoisotopic (exact) mass is 282 g/mol. The van der Waals surface area contributed by atoms with E-state index in [1.54, 1.807) is 12.1 Å². The zero-order chi connectivity index (χ0) is 14.5. The molecule has 0 aliphatic rings. The molecule has 0 unspecified atom stereocenters. The third-order valence-corrected chi connectivity index (χ3v) is 2.96. The highest BCUT2D eigenvalue weighted by atomic mass is 16.3. The summed E-state index contributed by atoms with van der Waals surface area (Å²) in [7, 11) is 0. The van der Waals surface area contributed by atoms with E-state index in [1.165, 1.54) is 6.26 Å². The van der Waals surface area contributed by atoms with Crippen molar-refractivity contribution in [3.63, 3.8) is 0 Å². The quantitative estimate of drug-likeness (QED) is 0.750. The van der Waals surface area contributed by atoms with Crippen LogP contribution in [0.4, 0.5) is 0 Å². The molecule has 1 amide bonds. The molecule has 21 heavy (non-hydrogen) atoms. The van der Waals surface area contributed by atoms with Crippen LogP contribution in [0.5, 0.6) is 0 Å². The molecule has 6 nitrogen and oxygen atoms in total. The Kier molecular flexibility index (Phi) is 3.77. The Morgan fingerprint density at radius 2 is 2.05 bits per heavy atom. The van der Waals surface area contributed by atoms with E-state index in [9.17, 15) is 4.79 Å². The van der Waals surface area contributed by atoms with Gasteiger partial charge in [-0.3, -0.25) is 9.89 Å². The number of nitrogens with zero attached hydrogens (tertiary/aromatic N) is 2. The summed E-state index contributed by atoms with van der Waals surface area (Å²) in [5, 5.41) is 9.81. The zero-order valence-corrected chi connectivity index (χ0v) is 11.2. The summed E-state index contributed by atoms with van der Waals surface area (Å²) in [5.41, 5.74) is 0.958. The van der Waals surface area contributed by atoms with Gasteiger partial charge in [0.05, 0.1) is 6.26 Å². The average molecular weight is 282 g/mol. The standard InChI is InChI=1S/C15H14N4O2/c20-15(12-7-4-10-21-12)16-9-8-13-17-14(19-18-13)11-5-2-1-3-6-11/h1-7,10H,8-9H2,(H,16,20)(H,17,18,19). The van der Waals surface area contributed by atoms with Crippen molar-refractivity contribution in [2.24, 2.45) is 0 Å². The number of H-pyrrole nitrogens is 1. The number of nitrogens with one attached hydrogen (secondary N) is 2. The van der Waals surface area contributed by atoms with E-state index in [1.807, 2.05) is 30.3 Å². The number of hydrogen-bond acceptors (Lipinski definition) is 4. The first-order valence-corrected chi connectivity index (χ1v) is 6.61. The maximum Gasteiger partial charge on any atom is 0.286 e. The first-order chi connectivity index (χ1) is 10.3. The Morgan fingerprint density at radius 1 is 1.19 bits per heavy atom. The molecule has 0 aliphatic carbocycles. The fourth-order valence-electron chi connectivity index (χ4n) is 1.91. The molecule has 2 heterocycles. The van der Waals surface area contributed by atoms with E-state index in [4.69, 9.17) is 4.42 Å². The fraction of sp³-hybridized carbons (Fsp3) is 0.133. The maximum absolute atomic E-state index is 11.7. The molecular formula is C15H14N4O2. The Balaban J connectivity index is 1.55. The summed E-state index contributed by atoms with van der Waals surface area (Å²) in [5.74, 6) is 1.46. The van der Waals surface area contributed by atoms with Gasteiger partial charge < -0.3 is 9.73 Å². The molecule has 0 spiro atoms. The lowest BCUT2D eigenvalue weighted by Crippen LogP contribution is -2.25. The second-order valence-corrected chi connectivity index (χ2v) is 4.45. The van der Waals surface area contributed by atoms with Crippen LogP contribution in [0, 0.1) is 0 Å². The highest BCUT2D eigenvalue weighted by Crippen LogP contribution is 2.13. The van der Waals surface area contributed by atoms with Crippen LogP contribution in [-0.2, 0) is 6.42 Å². The van der Waals surface area contributed by atoms with Crippen molar-refractivity contribution in [2.45, 2.75) is 6.42 Å². The molecule has 2 aromatic heterocycles. The molecule has 3 rings (SSSR count). The van der Waals surface area contributed by atoms with Crippen LogP contribution in [0.2, 0.25) is 0 Å². The Labute approximate surface area is 121 Å². The summed E-state index contributed by atoms with van der Waals surface area (Å²) in [4.78, 5) is 16.1. The normalized spacial score (nSPS) is 10.5. The van der Waals surface area contributed by atoms with Crippen molar-refractivity contribution in [3.05, 3.63) is 60.3 Å². The van der Waals surface area contributed by atoms with E-state index in [0.29, 0.717) is 24.6 Å². The molecule has 106 valence electrons. The molecule has 0 radical (unpaired) electrons. The second-order valence-electron chi connectivity index (χ2n) is 4.45. The first kappa shape index (κ1) is 13.1. The van der Waals surface area contributed by atoms with Crippen molar-refractivity contribution in [2.75, 3.05) is 6.54 Å². The summed E-state index contributed by atoms with van der Waals surface area (Å²) >= 11 is 0. The molecule has 0 saturated heterocycles. The Bertz CT molecular complexity index is 704. The van der Waals surface area contributed by atoms with Crippen LogP contribution in [0.1, 0.15) is 16.4 Å². The van der Waals surface area contributed by atoms with Gasteiger partial charge in [-0.2, -0.15) is 5.10 Å².